The molecule has 0 unspecified atom stereocenters. The van der Waals surface area contributed by atoms with Crippen LogP contribution in [-0.4, -0.2) is 21.9 Å². The third-order valence-corrected chi connectivity index (χ3v) is 3.77. The van der Waals surface area contributed by atoms with Crippen LogP contribution in [0.5, 0.6) is 0 Å². The molecule has 0 spiro atoms. The SMILES string of the molecule is Cc1[nH]nc(NC(=O)CSc2ccc(F)c(F)c2)c1C. The molecule has 1 aromatic carbocycles. The minimum Gasteiger partial charge on any atom is -0.308 e. The lowest BCUT2D eigenvalue weighted by molar-refractivity contribution is -0.113. The van der Waals surface area contributed by atoms with Gasteiger partial charge in [0.2, 0.25) is 5.91 Å². The second kappa shape index (κ2) is 6.04. The van der Waals surface area contributed by atoms with E-state index >= 15 is 0 Å². The summed E-state index contributed by atoms with van der Waals surface area (Å²) in [5.74, 6) is -1.50. The van der Waals surface area contributed by atoms with Crippen LogP contribution in [0.2, 0.25) is 0 Å². The molecule has 1 amide bonds. The number of carbonyl (C=O) groups is 1. The maximum absolute atomic E-state index is 13.0. The van der Waals surface area contributed by atoms with Gasteiger partial charge < -0.3 is 5.32 Å². The first-order valence-corrected chi connectivity index (χ1v) is 6.85. The molecule has 2 aromatic rings. The number of anilines is 1. The number of nitrogens with one attached hydrogen (secondary N) is 2. The molecule has 1 heterocycles. The summed E-state index contributed by atoms with van der Waals surface area (Å²) in [4.78, 5) is 12.2. The molecule has 20 heavy (non-hydrogen) atoms. The largest absolute Gasteiger partial charge is 0.308 e. The number of hydrogen-bond donors (Lipinski definition) is 2. The first-order valence-electron chi connectivity index (χ1n) is 5.86. The molecule has 106 valence electrons. The van der Waals surface area contributed by atoms with Crippen molar-refractivity contribution in [1.29, 1.82) is 0 Å². The fourth-order valence-corrected chi connectivity index (χ4v) is 2.21. The monoisotopic (exact) mass is 297 g/mol. The number of aromatic nitrogens is 2. The van der Waals surface area contributed by atoms with Crippen molar-refractivity contribution in [3.63, 3.8) is 0 Å². The molecule has 4 nitrogen and oxygen atoms in total. The topological polar surface area (TPSA) is 57.8 Å². The van der Waals surface area contributed by atoms with E-state index < -0.39 is 11.6 Å². The van der Waals surface area contributed by atoms with Crippen molar-refractivity contribution in [3.05, 3.63) is 41.1 Å². The van der Waals surface area contributed by atoms with Crippen LogP contribution in [-0.2, 0) is 4.79 Å². The summed E-state index contributed by atoms with van der Waals surface area (Å²) in [5.41, 5.74) is 1.75. The van der Waals surface area contributed by atoms with E-state index in [9.17, 15) is 13.6 Å². The van der Waals surface area contributed by atoms with Crippen LogP contribution in [0.15, 0.2) is 23.1 Å². The highest BCUT2D eigenvalue weighted by molar-refractivity contribution is 8.00. The predicted molar refractivity (Wildman–Crippen MR) is 73.8 cm³/mol. The lowest BCUT2D eigenvalue weighted by atomic mass is 10.3. The molecule has 0 radical (unpaired) electrons. The van der Waals surface area contributed by atoms with Gasteiger partial charge >= 0.3 is 0 Å². The van der Waals surface area contributed by atoms with Crippen molar-refractivity contribution in [2.75, 3.05) is 11.1 Å². The number of rotatable bonds is 4. The first-order chi connectivity index (χ1) is 9.47. The molecule has 0 fully saturated rings. The van der Waals surface area contributed by atoms with Crippen molar-refractivity contribution in [1.82, 2.24) is 10.2 Å². The number of halogens is 2. The van der Waals surface area contributed by atoms with Gasteiger partial charge in [0.25, 0.3) is 0 Å². The Morgan fingerprint density at radius 1 is 1.35 bits per heavy atom. The molecule has 0 atom stereocenters. The van der Waals surface area contributed by atoms with Crippen LogP contribution in [0, 0.1) is 25.5 Å². The van der Waals surface area contributed by atoms with Gasteiger partial charge in [0.15, 0.2) is 17.5 Å². The Kier molecular flexibility index (Phi) is 4.39. The minimum absolute atomic E-state index is 0.0937. The van der Waals surface area contributed by atoms with Crippen molar-refractivity contribution in [2.45, 2.75) is 18.7 Å². The highest BCUT2D eigenvalue weighted by atomic mass is 32.2. The van der Waals surface area contributed by atoms with Crippen molar-refractivity contribution in [3.8, 4) is 0 Å². The quantitative estimate of drug-likeness (QED) is 0.853. The van der Waals surface area contributed by atoms with Crippen LogP contribution in [0.25, 0.3) is 0 Å². The number of aryl methyl sites for hydroxylation is 1. The normalized spacial score (nSPS) is 10.6. The van der Waals surface area contributed by atoms with Crippen LogP contribution in [0.1, 0.15) is 11.3 Å². The highest BCUT2D eigenvalue weighted by Crippen LogP contribution is 2.21. The molecule has 0 bridgehead atoms. The van der Waals surface area contributed by atoms with E-state index in [2.05, 4.69) is 15.5 Å². The van der Waals surface area contributed by atoms with Crippen molar-refractivity contribution in [2.24, 2.45) is 0 Å². The predicted octanol–water partition coefficient (Wildman–Crippen LogP) is 3.04. The van der Waals surface area contributed by atoms with Crippen LogP contribution < -0.4 is 5.32 Å². The second-order valence-electron chi connectivity index (χ2n) is 4.23. The molecular weight excluding hydrogens is 284 g/mol. The number of aromatic amines is 1. The van der Waals surface area contributed by atoms with Gasteiger partial charge in [-0.25, -0.2) is 8.78 Å². The van der Waals surface area contributed by atoms with E-state index in [4.69, 9.17) is 0 Å². The Morgan fingerprint density at radius 2 is 2.10 bits per heavy atom. The van der Waals surface area contributed by atoms with E-state index in [0.29, 0.717) is 10.7 Å². The zero-order valence-corrected chi connectivity index (χ0v) is 11.8. The second-order valence-corrected chi connectivity index (χ2v) is 5.28. The molecule has 0 saturated heterocycles. The molecular formula is C13H13F2N3OS. The Morgan fingerprint density at radius 3 is 2.70 bits per heavy atom. The van der Waals surface area contributed by atoms with E-state index in [-0.39, 0.29) is 11.7 Å². The highest BCUT2D eigenvalue weighted by Gasteiger charge is 2.10. The summed E-state index contributed by atoms with van der Waals surface area (Å²) in [5, 5.41) is 9.38. The van der Waals surface area contributed by atoms with E-state index in [0.717, 1.165) is 35.2 Å². The number of carbonyl (C=O) groups excluding carboxylic acids is 1. The Labute approximate surface area is 119 Å². The summed E-state index contributed by atoms with van der Waals surface area (Å²) in [7, 11) is 0. The van der Waals surface area contributed by atoms with Crippen LogP contribution in [0.3, 0.4) is 0 Å². The van der Waals surface area contributed by atoms with Crippen LogP contribution >= 0.6 is 11.8 Å². The smallest absolute Gasteiger partial charge is 0.235 e. The van der Waals surface area contributed by atoms with Gasteiger partial charge in [0.05, 0.1) is 5.75 Å². The summed E-state index contributed by atoms with van der Waals surface area (Å²) in [6.07, 6.45) is 0. The molecule has 2 rings (SSSR count). The molecule has 0 aliphatic rings. The maximum atomic E-state index is 13.0. The Balaban J connectivity index is 1.92. The molecule has 0 aliphatic carbocycles. The standard InChI is InChI=1S/C13H13F2N3OS/c1-7-8(2)17-18-13(7)16-12(19)6-20-9-3-4-10(14)11(15)5-9/h3-5H,6H2,1-2H3,(H2,16,17,18,19). The summed E-state index contributed by atoms with van der Waals surface area (Å²) in [6, 6.07) is 3.54. The Hall–Kier alpha value is -1.89. The molecule has 1 aromatic heterocycles. The summed E-state index contributed by atoms with van der Waals surface area (Å²) in [6.45, 7) is 3.70. The van der Waals surface area contributed by atoms with Gasteiger partial charge in [-0.2, -0.15) is 5.10 Å². The number of benzene rings is 1. The zero-order chi connectivity index (χ0) is 14.7. The van der Waals surface area contributed by atoms with Gasteiger partial charge in [-0.1, -0.05) is 0 Å². The lowest BCUT2D eigenvalue weighted by Crippen LogP contribution is -2.15. The molecule has 0 saturated carbocycles. The van der Waals surface area contributed by atoms with E-state index in [1.165, 1.54) is 6.07 Å². The maximum Gasteiger partial charge on any atom is 0.235 e. The minimum atomic E-state index is -0.922. The number of amides is 1. The molecule has 7 heteroatoms. The fourth-order valence-electron chi connectivity index (χ4n) is 1.49. The number of H-pyrrole nitrogens is 1. The third kappa shape index (κ3) is 3.36. The fraction of sp³-hybridized carbons (Fsp3) is 0.231. The van der Waals surface area contributed by atoms with E-state index in [1.807, 2.05) is 13.8 Å². The first kappa shape index (κ1) is 14.5. The van der Waals surface area contributed by atoms with Gasteiger partial charge in [-0.3, -0.25) is 9.89 Å². The molecule has 0 aliphatic heterocycles. The van der Waals surface area contributed by atoms with E-state index in [1.54, 1.807) is 0 Å². The number of hydrogen-bond acceptors (Lipinski definition) is 3. The lowest BCUT2D eigenvalue weighted by Gasteiger charge is -2.04. The van der Waals surface area contributed by atoms with Crippen molar-refractivity contribution >= 4 is 23.5 Å². The Bertz CT molecular complexity index is 643. The van der Waals surface area contributed by atoms with Crippen molar-refractivity contribution < 1.29 is 13.6 Å². The summed E-state index contributed by atoms with van der Waals surface area (Å²) < 4.78 is 25.8. The van der Waals surface area contributed by atoms with Gasteiger partial charge in [-0.15, -0.1) is 11.8 Å². The third-order valence-electron chi connectivity index (χ3n) is 2.77. The average Bonchev–Trinajstić information content (AvgIpc) is 2.72. The van der Waals surface area contributed by atoms with Gasteiger partial charge in [0, 0.05) is 16.2 Å². The van der Waals surface area contributed by atoms with Gasteiger partial charge in [0.1, 0.15) is 0 Å². The molecule has 2 N–H and O–H groups in total. The van der Waals surface area contributed by atoms with Crippen LogP contribution in [0.4, 0.5) is 14.6 Å². The number of nitrogens with zero attached hydrogens (tertiary/aromatic N) is 1. The number of thioether (sulfide) groups is 1. The summed E-state index contributed by atoms with van der Waals surface area (Å²) >= 11 is 1.13. The zero-order valence-electron chi connectivity index (χ0n) is 11.0. The average molecular weight is 297 g/mol. The van der Waals surface area contributed by atoms with Gasteiger partial charge in [-0.05, 0) is 32.0 Å².